The maximum absolute atomic E-state index is 13.1. The van der Waals surface area contributed by atoms with E-state index < -0.39 is 24.0 Å². The second-order valence-electron chi connectivity index (χ2n) is 5.93. The minimum absolute atomic E-state index is 0.128. The molecule has 5 nitrogen and oxygen atoms in total. The van der Waals surface area contributed by atoms with Crippen molar-refractivity contribution >= 4 is 5.97 Å². The monoisotopic (exact) mass is 361 g/mol. The number of carboxylic acids is 1. The van der Waals surface area contributed by atoms with Gasteiger partial charge in [-0.05, 0) is 31.5 Å². The van der Waals surface area contributed by atoms with Gasteiger partial charge in [0.25, 0.3) is 0 Å². The summed E-state index contributed by atoms with van der Waals surface area (Å²) in [5, 5.41) is 9.08. The predicted octanol–water partition coefficient (Wildman–Crippen LogP) is 3.18. The maximum Gasteiger partial charge on any atom is 0.393 e. The van der Waals surface area contributed by atoms with E-state index in [1.165, 1.54) is 4.90 Å². The molecule has 8 heteroatoms. The summed E-state index contributed by atoms with van der Waals surface area (Å²) < 4.78 is 50.1. The van der Waals surface area contributed by atoms with Crippen LogP contribution in [0.4, 0.5) is 13.2 Å². The molecule has 0 spiro atoms. The summed E-state index contributed by atoms with van der Waals surface area (Å²) in [6, 6.07) is 5.20. The van der Waals surface area contributed by atoms with Crippen molar-refractivity contribution < 1.29 is 32.5 Å². The molecule has 1 saturated heterocycles. The van der Waals surface area contributed by atoms with E-state index in [1.807, 2.05) is 13.8 Å². The largest absolute Gasteiger partial charge is 0.490 e. The third kappa shape index (κ3) is 4.78. The molecular formula is C17H22F3NO4. The van der Waals surface area contributed by atoms with Crippen LogP contribution in [0.2, 0.25) is 0 Å². The van der Waals surface area contributed by atoms with Crippen LogP contribution in [0, 0.1) is 11.8 Å². The molecule has 1 aliphatic rings. The van der Waals surface area contributed by atoms with Gasteiger partial charge in [0.2, 0.25) is 0 Å². The summed E-state index contributed by atoms with van der Waals surface area (Å²) in [5.74, 6) is -3.59. The number of nitrogens with zero attached hydrogens (tertiary/aromatic N) is 1. The van der Waals surface area contributed by atoms with Gasteiger partial charge < -0.3 is 14.6 Å². The van der Waals surface area contributed by atoms with Gasteiger partial charge >= 0.3 is 12.1 Å². The zero-order valence-corrected chi connectivity index (χ0v) is 14.2. The molecular weight excluding hydrogens is 339 g/mol. The standard InChI is InChI=1S/C17H22F3NO4/c1-3-24-14-6-5-11(7-15(14)25-4-2)8-21-9-12(16(22)23)13(10-21)17(18,19)20/h5-7,12-13H,3-4,8-10H2,1-2H3,(H,22,23)/t12-,13-/m1/s1. The molecule has 1 aliphatic heterocycles. The van der Waals surface area contributed by atoms with Crippen LogP contribution in [-0.4, -0.2) is 48.5 Å². The van der Waals surface area contributed by atoms with Crippen molar-refractivity contribution in [2.24, 2.45) is 11.8 Å². The van der Waals surface area contributed by atoms with Crippen LogP contribution in [0.25, 0.3) is 0 Å². The van der Waals surface area contributed by atoms with Crippen molar-refractivity contribution in [3.05, 3.63) is 23.8 Å². The highest BCUT2D eigenvalue weighted by molar-refractivity contribution is 5.71. The van der Waals surface area contributed by atoms with E-state index >= 15 is 0 Å². The fourth-order valence-electron chi connectivity index (χ4n) is 3.05. The van der Waals surface area contributed by atoms with E-state index in [9.17, 15) is 18.0 Å². The van der Waals surface area contributed by atoms with Gasteiger partial charge in [0.1, 0.15) is 0 Å². The lowest BCUT2D eigenvalue weighted by Gasteiger charge is -2.19. The summed E-state index contributed by atoms with van der Waals surface area (Å²) in [7, 11) is 0. The first-order valence-electron chi connectivity index (χ1n) is 8.16. The van der Waals surface area contributed by atoms with Crippen LogP contribution < -0.4 is 9.47 Å². The number of halogens is 3. The molecule has 1 heterocycles. The summed E-state index contributed by atoms with van der Waals surface area (Å²) in [6.07, 6.45) is -4.52. The molecule has 2 rings (SSSR count). The number of carboxylic acid groups (broad SMARTS) is 1. The zero-order valence-electron chi connectivity index (χ0n) is 14.2. The van der Waals surface area contributed by atoms with E-state index in [0.29, 0.717) is 24.7 Å². The third-order valence-electron chi connectivity index (χ3n) is 4.15. The third-order valence-corrected chi connectivity index (χ3v) is 4.15. The topological polar surface area (TPSA) is 59.0 Å². The lowest BCUT2D eigenvalue weighted by Crippen LogP contribution is -2.33. The summed E-state index contributed by atoms with van der Waals surface area (Å²) in [5.41, 5.74) is 0.749. The molecule has 0 unspecified atom stereocenters. The smallest absolute Gasteiger partial charge is 0.393 e. The lowest BCUT2D eigenvalue weighted by molar-refractivity contribution is -0.188. The van der Waals surface area contributed by atoms with Gasteiger partial charge in [-0.2, -0.15) is 13.2 Å². The van der Waals surface area contributed by atoms with Gasteiger partial charge in [-0.1, -0.05) is 6.07 Å². The van der Waals surface area contributed by atoms with Gasteiger partial charge in [0.15, 0.2) is 11.5 Å². The first-order chi connectivity index (χ1) is 11.8. The number of hydrogen-bond acceptors (Lipinski definition) is 4. The Bertz CT molecular complexity index is 606. The van der Waals surface area contributed by atoms with Crippen molar-refractivity contribution in [3.63, 3.8) is 0 Å². The summed E-state index contributed by atoms with van der Waals surface area (Å²) in [6.45, 7) is 4.35. The minimum Gasteiger partial charge on any atom is -0.490 e. The molecule has 1 aromatic carbocycles. The molecule has 2 atom stereocenters. The van der Waals surface area contributed by atoms with E-state index in [1.54, 1.807) is 18.2 Å². The Morgan fingerprint density at radius 2 is 1.84 bits per heavy atom. The highest BCUT2D eigenvalue weighted by Gasteiger charge is 2.52. The molecule has 140 valence electrons. The number of alkyl halides is 3. The fraction of sp³-hybridized carbons (Fsp3) is 0.588. The number of ether oxygens (including phenoxy) is 2. The number of carbonyl (C=O) groups is 1. The molecule has 1 N–H and O–H groups in total. The van der Waals surface area contributed by atoms with Crippen LogP contribution in [0.1, 0.15) is 19.4 Å². The molecule has 0 aromatic heterocycles. The molecule has 0 amide bonds. The van der Waals surface area contributed by atoms with E-state index in [0.717, 1.165) is 5.56 Å². The van der Waals surface area contributed by atoms with Crippen LogP contribution in [-0.2, 0) is 11.3 Å². The molecule has 0 bridgehead atoms. The highest BCUT2D eigenvalue weighted by Crippen LogP contribution is 2.38. The Balaban J connectivity index is 2.14. The van der Waals surface area contributed by atoms with Crippen molar-refractivity contribution in [1.82, 2.24) is 4.90 Å². The summed E-state index contributed by atoms with van der Waals surface area (Å²) in [4.78, 5) is 12.7. The lowest BCUT2D eigenvalue weighted by atomic mass is 9.96. The van der Waals surface area contributed by atoms with Gasteiger partial charge in [0.05, 0.1) is 25.0 Å². The van der Waals surface area contributed by atoms with Crippen molar-refractivity contribution in [1.29, 1.82) is 0 Å². The zero-order chi connectivity index (χ0) is 18.6. The Labute approximate surface area is 144 Å². The number of likely N-dealkylation sites (tertiary alicyclic amines) is 1. The second-order valence-corrected chi connectivity index (χ2v) is 5.93. The normalized spacial score (nSPS) is 21.3. The van der Waals surface area contributed by atoms with Crippen LogP contribution in [0.3, 0.4) is 0 Å². The van der Waals surface area contributed by atoms with Crippen molar-refractivity contribution in [3.8, 4) is 11.5 Å². The Hall–Kier alpha value is -1.96. The minimum atomic E-state index is -4.52. The van der Waals surface area contributed by atoms with Gasteiger partial charge in [-0.15, -0.1) is 0 Å². The molecule has 0 radical (unpaired) electrons. The number of benzene rings is 1. The first-order valence-corrected chi connectivity index (χ1v) is 8.16. The van der Waals surface area contributed by atoms with Crippen LogP contribution in [0.15, 0.2) is 18.2 Å². The quantitative estimate of drug-likeness (QED) is 0.808. The molecule has 25 heavy (non-hydrogen) atoms. The van der Waals surface area contributed by atoms with Crippen LogP contribution in [0.5, 0.6) is 11.5 Å². The van der Waals surface area contributed by atoms with E-state index in [2.05, 4.69) is 0 Å². The van der Waals surface area contributed by atoms with Gasteiger partial charge in [-0.3, -0.25) is 9.69 Å². The number of aliphatic carboxylic acids is 1. The van der Waals surface area contributed by atoms with Gasteiger partial charge in [-0.25, -0.2) is 0 Å². The number of hydrogen-bond donors (Lipinski definition) is 1. The van der Waals surface area contributed by atoms with E-state index in [4.69, 9.17) is 14.6 Å². The first kappa shape index (κ1) is 19.4. The average molecular weight is 361 g/mol. The molecule has 0 saturated carbocycles. The molecule has 1 fully saturated rings. The van der Waals surface area contributed by atoms with E-state index in [-0.39, 0.29) is 19.6 Å². The van der Waals surface area contributed by atoms with Crippen molar-refractivity contribution in [2.45, 2.75) is 26.6 Å². The predicted molar refractivity (Wildman–Crippen MR) is 84.7 cm³/mol. The van der Waals surface area contributed by atoms with Gasteiger partial charge in [0, 0.05) is 19.6 Å². The highest BCUT2D eigenvalue weighted by atomic mass is 19.4. The molecule has 0 aliphatic carbocycles. The average Bonchev–Trinajstić information content (AvgIpc) is 2.95. The number of rotatable bonds is 7. The summed E-state index contributed by atoms with van der Waals surface area (Å²) >= 11 is 0. The van der Waals surface area contributed by atoms with Crippen LogP contribution >= 0.6 is 0 Å². The Morgan fingerprint density at radius 3 is 2.36 bits per heavy atom. The Morgan fingerprint density at radius 1 is 1.20 bits per heavy atom. The Kier molecular flexibility index (Phi) is 6.16. The maximum atomic E-state index is 13.1. The second kappa shape index (κ2) is 7.95. The van der Waals surface area contributed by atoms with Crippen molar-refractivity contribution in [2.75, 3.05) is 26.3 Å². The SMILES string of the molecule is CCOc1ccc(CN2C[C@@H](C(F)(F)F)[C@H](C(=O)O)C2)cc1OCC. The molecule has 1 aromatic rings. The fourth-order valence-corrected chi connectivity index (χ4v) is 3.05.